The van der Waals surface area contributed by atoms with Crippen molar-refractivity contribution in [3.05, 3.63) is 23.8 Å². The molecule has 0 bridgehead atoms. The van der Waals surface area contributed by atoms with Crippen LogP contribution in [0.25, 0.3) is 0 Å². The maximum Gasteiger partial charge on any atom is -0.0143 e. The third-order valence-electron chi connectivity index (χ3n) is 7.40. The summed E-state index contributed by atoms with van der Waals surface area (Å²) in [7, 11) is 0. The highest BCUT2D eigenvalue weighted by molar-refractivity contribution is 5.19. The van der Waals surface area contributed by atoms with Gasteiger partial charge in [0.1, 0.15) is 0 Å². The number of hydrogen-bond donors (Lipinski definition) is 0. The van der Waals surface area contributed by atoms with Crippen molar-refractivity contribution < 1.29 is 0 Å². The Morgan fingerprint density at radius 3 is 1.97 bits per heavy atom. The predicted octanol–water partition coefficient (Wildman–Crippen LogP) is 10.2. The average molecular weight is 405 g/mol. The number of rotatable bonds is 16. The predicted molar refractivity (Wildman–Crippen MR) is 135 cm³/mol. The molecule has 0 N–H and O–H groups in total. The molecule has 0 fully saturated rings. The van der Waals surface area contributed by atoms with Crippen LogP contribution in [0.5, 0.6) is 0 Å². The van der Waals surface area contributed by atoms with Crippen molar-refractivity contribution in [2.75, 3.05) is 0 Å². The zero-order chi connectivity index (χ0) is 22.4. The smallest absolute Gasteiger partial charge is 0.0143 e. The van der Waals surface area contributed by atoms with E-state index >= 15 is 0 Å². The Morgan fingerprint density at radius 1 is 0.862 bits per heavy atom. The molecule has 0 rings (SSSR count). The third kappa shape index (κ3) is 13.4. The molecule has 0 spiro atoms. The zero-order valence-corrected chi connectivity index (χ0v) is 22.0. The summed E-state index contributed by atoms with van der Waals surface area (Å²) in [6.45, 7) is 23.9. The lowest BCUT2D eigenvalue weighted by Gasteiger charge is -2.31. The average Bonchev–Trinajstić information content (AvgIpc) is 2.66. The van der Waals surface area contributed by atoms with Crippen molar-refractivity contribution in [1.29, 1.82) is 0 Å². The molecule has 0 heteroatoms. The minimum absolute atomic E-state index is 0.319. The van der Waals surface area contributed by atoms with Gasteiger partial charge in [-0.2, -0.15) is 0 Å². The normalized spacial score (nSPS) is 20.3. The highest BCUT2D eigenvalue weighted by atomic mass is 14.3. The second kappa shape index (κ2) is 15.3. The van der Waals surface area contributed by atoms with Gasteiger partial charge < -0.3 is 0 Å². The Bertz CT molecular complexity index is 457. The molecule has 0 aromatic rings. The molecule has 0 heterocycles. The van der Waals surface area contributed by atoms with E-state index in [1.807, 2.05) is 0 Å². The standard InChI is InChI=1S/C29H56/c1-11-14-15-16-24(5)19-25(6)17-18-29(10,13-3)22-26(7)21-28(9)27(8)20-23(4)12-2/h17-19,23-24,26-28H,11-16,20-22H2,1-10H3. The van der Waals surface area contributed by atoms with Gasteiger partial charge in [0.25, 0.3) is 0 Å². The molecule has 0 aliphatic heterocycles. The van der Waals surface area contributed by atoms with E-state index in [9.17, 15) is 0 Å². The molecule has 0 aromatic heterocycles. The molecule has 0 nitrogen and oxygen atoms in total. The maximum absolute atomic E-state index is 2.52. The SMILES string of the molecule is CCCCCC(C)C=C(C)C=CC(C)(CC)CC(C)CC(C)C(C)CC(C)CC. The first-order valence-electron chi connectivity index (χ1n) is 12.9. The monoisotopic (exact) mass is 404 g/mol. The van der Waals surface area contributed by atoms with E-state index in [4.69, 9.17) is 0 Å². The van der Waals surface area contributed by atoms with Crippen LogP contribution in [0.3, 0.4) is 0 Å². The van der Waals surface area contributed by atoms with Gasteiger partial charge in [-0.05, 0) is 74.0 Å². The van der Waals surface area contributed by atoms with Crippen LogP contribution in [0.1, 0.15) is 127 Å². The third-order valence-corrected chi connectivity index (χ3v) is 7.40. The van der Waals surface area contributed by atoms with Crippen molar-refractivity contribution in [2.24, 2.45) is 35.0 Å². The molecule has 0 aliphatic rings. The number of hydrogen-bond acceptors (Lipinski definition) is 0. The Labute approximate surface area is 186 Å². The van der Waals surface area contributed by atoms with Crippen LogP contribution in [-0.4, -0.2) is 0 Å². The molecule has 29 heavy (non-hydrogen) atoms. The van der Waals surface area contributed by atoms with E-state index in [2.05, 4.69) is 87.5 Å². The highest BCUT2D eigenvalue weighted by Gasteiger charge is 2.24. The fraction of sp³-hybridized carbons (Fsp3) is 0.862. The zero-order valence-electron chi connectivity index (χ0n) is 22.0. The van der Waals surface area contributed by atoms with Crippen LogP contribution in [-0.2, 0) is 0 Å². The van der Waals surface area contributed by atoms with Crippen LogP contribution in [0.15, 0.2) is 23.8 Å². The maximum atomic E-state index is 2.52. The quantitative estimate of drug-likeness (QED) is 0.177. The van der Waals surface area contributed by atoms with Crippen molar-refractivity contribution in [3.63, 3.8) is 0 Å². The molecule has 0 radical (unpaired) electrons. The van der Waals surface area contributed by atoms with E-state index in [1.54, 1.807) is 0 Å². The van der Waals surface area contributed by atoms with Gasteiger partial charge in [-0.25, -0.2) is 0 Å². The van der Waals surface area contributed by atoms with Gasteiger partial charge in [0.2, 0.25) is 0 Å². The van der Waals surface area contributed by atoms with Gasteiger partial charge in [-0.1, -0.05) is 112 Å². The summed E-state index contributed by atoms with van der Waals surface area (Å²) in [6.07, 6.45) is 19.4. The van der Waals surface area contributed by atoms with Gasteiger partial charge in [-0.3, -0.25) is 0 Å². The summed E-state index contributed by atoms with van der Waals surface area (Å²) in [5.74, 6) is 4.03. The van der Waals surface area contributed by atoms with Crippen molar-refractivity contribution in [2.45, 2.75) is 127 Å². The molecular weight excluding hydrogens is 348 g/mol. The molecule has 6 unspecified atom stereocenters. The van der Waals surface area contributed by atoms with Crippen LogP contribution < -0.4 is 0 Å². The lowest BCUT2D eigenvalue weighted by Crippen LogP contribution is -2.20. The Hall–Kier alpha value is -0.520. The van der Waals surface area contributed by atoms with Crippen molar-refractivity contribution in [1.82, 2.24) is 0 Å². The summed E-state index contributed by atoms with van der Waals surface area (Å²) in [5.41, 5.74) is 1.76. The largest absolute Gasteiger partial charge is 0.0788 e. The number of allylic oxidation sites excluding steroid dienone is 4. The molecule has 0 amide bonds. The van der Waals surface area contributed by atoms with E-state index in [-0.39, 0.29) is 0 Å². The first-order valence-corrected chi connectivity index (χ1v) is 12.9. The fourth-order valence-corrected chi connectivity index (χ4v) is 4.75. The molecular formula is C29H56. The molecule has 6 atom stereocenters. The summed E-state index contributed by atoms with van der Waals surface area (Å²) >= 11 is 0. The minimum atomic E-state index is 0.319. The molecule has 0 saturated heterocycles. The van der Waals surface area contributed by atoms with Gasteiger partial charge in [0.05, 0.1) is 0 Å². The van der Waals surface area contributed by atoms with Crippen molar-refractivity contribution >= 4 is 0 Å². The summed E-state index contributed by atoms with van der Waals surface area (Å²) < 4.78 is 0. The van der Waals surface area contributed by atoms with Crippen LogP contribution >= 0.6 is 0 Å². The Kier molecular flexibility index (Phi) is 15.0. The Morgan fingerprint density at radius 2 is 1.45 bits per heavy atom. The second-order valence-electron chi connectivity index (χ2n) is 11.0. The van der Waals surface area contributed by atoms with E-state index in [0.717, 1.165) is 23.7 Å². The van der Waals surface area contributed by atoms with E-state index in [1.165, 1.54) is 63.4 Å². The van der Waals surface area contributed by atoms with Crippen LogP contribution in [0, 0.1) is 35.0 Å². The first kappa shape index (κ1) is 28.5. The highest BCUT2D eigenvalue weighted by Crippen LogP contribution is 2.36. The van der Waals surface area contributed by atoms with Gasteiger partial charge in [0.15, 0.2) is 0 Å². The topological polar surface area (TPSA) is 0 Å². The van der Waals surface area contributed by atoms with E-state index in [0.29, 0.717) is 11.3 Å². The van der Waals surface area contributed by atoms with Crippen molar-refractivity contribution in [3.8, 4) is 0 Å². The fourth-order valence-electron chi connectivity index (χ4n) is 4.75. The van der Waals surface area contributed by atoms with Gasteiger partial charge >= 0.3 is 0 Å². The molecule has 0 aromatic carbocycles. The summed E-state index contributed by atoms with van der Waals surface area (Å²) in [5, 5.41) is 0. The second-order valence-corrected chi connectivity index (χ2v) is 11.0. The van der Waals surface area contributed by atoms with Crippen LogP contribution in [0.4, 0.5) is 0 Å². The summed E-state index contributed by atoms with van der Waals surface area (Å²) in [4.78, 5) is 0. The van der Waals surface area contributed by atoms with E-state index < -0.39 is 0 Å². The number of unbranched alkanes of at least 4 members (excludes halogenated alkanes) is 2. The molecule has 0 saturated carbocycles. The van der Waals surface area contributed by atoms with Crippen LogP contribution in [0.2, 0.25) is 0 Å². The Balaban J connectivity index is 4.73. The van der Waals surface area contributed by atoms with Gasteiger partial charge in [0, 0.05) is 0 Å². The molecule has 0 aliphatic carbocycles. The molecule has 172 valence electrons. The first-order chi connectivity index (χ1) is 13.6. The lowest BCUT2D eigenvalue weighted by molar-refractivity contribution is 0.227. The van der Waals surface area contributed by atoms with Gasteiger partial charge in [-0.15, -0.1) is 0 Å². The minimum Gasteiger partial charge on any atom is -0.0788 e. The summed E-state index contributed by atoms with van der Waals surface area (Å²) in [6, 6.07) is 0. The lowest BCUT2D eigenvalue weighted by atomic mass is 9.74.